The summed E-state index contributed by atoms with van der Waals surface area (Å²) in [6.07, 6.45) is 1.75. The van der Waals surface area contributed by atoms with E-state index >= 15 is 0 Å². The first-order chi connectivity index (χ1) is 8.92. The molecule has 2 N–H and O–H groups in total. The van der Waals surface area contributed by atoms with Crippen molar-refractivity contribution in [3.63, 3.8) is 0 Å². The molecule has 3 heteroatoms. The molecule has 2 atom stereocenters. The van der Waals surface area contributed by atoms with Crippen LogP contribution in [0, 0.1) is 0 Å². The fourth-order valence-corrected chi connectivity index (χ4v) is 2.48. The Balaban J connectivity index is 3.18. The molecule has 0 aliphatic heterocycles. The highest BCUT2D eigenvalue weighted by Gasteiger charge is 2.33. The maximum Gasteiger partial charge on any atom is 0.0998 e. The van der Waals surface area contributed by atoms with E-state index in [1.807, 2.05) is 44.3 Å². The molecule has 3 nitrogen and oxygen atoms in total. The maximum atomic E-state index is 10.8. The Morgan fingerprint density at radius 2 is 1.95 bits per heavy atom. The quantitative estimate of drug-likeness (QED) is 0.774. The summed E-state index contributed by atoms with van der Waals surface area (Å²) in [5.41, 5.74) is 0.813. The maximum absolute atomic E-state index is 10.8. The highest BCUT2D eigenvalue weighted by molar-refractivity contribution is 5.26. The first-order valence-electron chi connectivity index (χ1n) is 6.69. The molecule has 0 fully saturated rings. The lowest BCUT2D eigenvalue weighted by molar-refractivity contribution is 0.0132. The van der Waals surface area contributed by atoms with Gasteiger partial charge in [0.1, 0.15) is 0 Å². The number of nitrogens with zero attached hydrogens (tertiary/aromatic N) is 1. The lowest BCUT2D eigenvalue weighted by atomic mass is 9.87. The minimum Gasteiger partial charge on any atom is -0.392 e. The average Bonchev–Trinajstić information content (AvgIpc) is 2.38. The molecule has 0 heterocycles. The molecule has 19 heavy (non-hydrogen) atoms. The molecule has 0 radical (unpaired) electrons. The van der Waals surface area contributed by atoms with Crippen LogP contribution in [0.2, 0.25) is 0 Å². The normalized spacial score (nSPS) is 17.3. The molecule has 0 aromatic heterocycles. The molecule has 106 valence electrons. The standard InChI is InChI=1S/C16H25NO2/c1-5-17(4)15(14-9-7-6-8-10-14)16(3,19)11-13(2)12-18/h6-11,15,18-19H,5,12H2,1-4H3/b13-11-/t15-,16+/m0/s1. The van der Waals surface area contributed by atoms with Gasteiger partial charge in [-0.2, -0.15) is 0 Å². The number of hydrogen-bond donors (Lipinski definition) is 2. The van der Waals surface area contributed by atoms with Gasteiger partial charge in [-0.25, -0.2) is 0 Å². The third-order valence-electron chi connectivity index (χ3n) is 3.40. The van der Waals surface area contributed by atoms with E-state index in [9.17, 15) is 5.11 Å². The Kier molecular flexibility index (Phi) is 5.73. The van der Waals surface area contributed by atoms with Crippen LogP contribution < -0.4 is 0 Å². The Morgan fingerprint density at radius 1 is 1.37 bits per heavy atom. The first-order valence-corrected chi connectivity index (χ1v) is 6.69. The third kappa shape index (κ3) is 4.16. The predicted molar refractivity (Wildman–Crippen MR) is 79.0 cm³/mol. The van der Waals surface area contributed by atoms with Crippen LogP contribution in [0.25, 0.3) is 0 Å². The van der Waals surface area contributed by atoms with Crippen LogP contribution in [0.4, 0.5) is 0 Å². The largest absolute Gasteiger partial charge is 0.392 e. The van der Waals surface area contributed by atoms with Crippen molar-refractivity contribution in [1.29, 1.82) is 0 Å². The lowest BCUT2D eigenvalue weighted by Crippen LogP contribution is -2.41. The summed E-state index contributed by atoms with van der Waals surface area (Å²) < 4.78 is 0. The van der Waals surface area contributed by atoms with Gasteiger partial charge in [-0.15, -0.1) is 0 Å². The molecule has 0 spiro atoms. The minimum atomic E-state index is -1.03. The highest BCUT2D eigenvalue weighted by atomic mass is 16.3. The molecular weight excluding hydrogens is 238 g/mol. The summed E-state index contributed by atoms with van der Waals surface area (Å²) in [6, 6.07) is 9.83. The second kappa shape index (κ2) is 6.85. The molecule has 0 saturated carbocycles. The summed E-state index contributed by atoms with van der Waals surface area (Å²) in [6.45, 7) is 6.47. The van der Waals surface area contributed by atoms with E-state index in [-0.39, 0.29) is 12.6 Å². The van der Waals surface area contributed by atoms with Gasteiger partial charge in [0, 0.05) is 0 Å². The van der Waals surface area contributed by atoms with E-state index in [0.29, 0.717) is 0 Å². The molecule has 0 amide bonds. The van der Waals surface area contributed by atoms with Crippen LogP contribution in [-0.4, -0.2) is 40.9 Å². The molecule has 0 aliphatic carbocycles. The van der Waals surface area contributed by atoms with Gasteiger partial charge < -0.3 is 10.2 Å². The smallest absolute Gasteiger partial charge is 0.0998 e. The van der Waals surface area contributed by atoms with E-state index in [1.165, 1.54) is 0 Å². The van der Waals surface area contributed by atoms with Crippen molar-refractivity contribution < 1.29 is 10.2 Å². The monoisotopic (exact) mass is 263 g/mol. The van der Waals surface area contributed by atoms with Crippen molar-refractivity contribution >= 4 is 0 Å². The van der Waals surface area contributed by atoms with Crippen molar-refractivity contribution in [2.24, 2.45) is 0 Å². The number of benzene rings is 1. The summed E-state index contributed by atoms with van der Waals surface area (Å²) in [4.78, 5) is 2.11. The van der Waals surface area contributed by atoms with Gasteiger partial charge in [0.25, 0.3) is 0 Å². The molecule has 0 saturated heterocycles. The first kappa shape index (κ1) is 15.9. The minimum absolute atomic E-state index is 0.0342. The number of hydrogen-bond acceptors (Lipinski definition) is 3. The second-order valence-electron chi connectivity index (χ2n) is 5.26. The van der Waals surface area contributed by atoms with Gasteiger partial charge in [0.05, 0.1) is 18.2 Å². The van der Waals surface area contributed by atoms with E-state index in [0.717, 1.165) is 17.7 Å². The zero-order valence-electron chi connectivity index (χ0n) is 12.3. The fourth-order valence-electron chi connectivity index (χ4n) is 2.48. The van der Waals surface area contributed by atoms with Crippen molar-refractivity contribution in [2.75, 3.05) is 20.2 Å². The van der Waals surface area contributed by atoms with Crippen molar-refractivity contribution in [2.45, 2.75) is 32.4 Å². The van der Waals surface area contributed by atoms with Crippen molar-refractivity contribution in [1.82, 2.24) is 4.90 Å². The molecule has 1 rings (SSSR count). The zero-order valence-corrected chi connectivity index (χ0v) is 12.3. The zero-order chi connectivity index (χ0) is 14.5. The number of rotatable bonds is 6. The van der Waals surface area contributed by atoms with E-state index in [1.54, 1.807) is 13.0 Å². The number of aliphatic hydroxyl groups is 2. The topological polar surface area (TPSA) is 43.7 Å². The summed E-state index contributed by atoms with van der Waals surface area (Å²) in [7, 11) is 1.99. The van der Waals surface area contributed by atoms with Crippen LogP contribution >= 0.6 is 0 Å². The van der Waals surface area contributed by atoms with Gasteiger partial charge in [-0.3, -0.25) is 4.90 Å². The van der Waals surface area contributed by atoms with Crippen LogP contribution in [-0.2, 0) is 0 Å². The van der Waals surface area contributed by atoms with Gasteiger partial charge in [0.15, 0.2) is 0 Å². The Labute approximate surface area is 116 Å². The van der Waals surface area contributed by atoms with Gasteiger partial charge in [-0.1, -0.05) is 43.3 Å². The molecule has 0 aliphatic rings. The van der Waals surface area contributed by atoms with Crippen LogP contribution in [0.3, 0.4) is 0 Å². The fraction of sp³-hybridized carbons (Fsp3) is 0.500. The van der Waals surface area contributed by atoms with E-state index in [4.69, 9.17) is 5.11 Å². The van der Waals surface area contributed by atoms with Crippen molar-refractivity contribution in [3.05, 3.63) is 47.5 Å². The third-order valence-corrected chi connectivity index (χ3v) is 3.40. The molecule has 1 aromatic rings. The molecule has 0 unspecified atom stereocenters. The van der Waals surface area contributed by atoms with E-state index in [2.05, 4.69) is 11.8 Å². The number of aliphatic hydroxyl groups excluding tert-OH is 1. The highest BCUT2D eigenvalue weighted by Crippen LogP contribution is 2.32. The summed E-state index contributed by atoms with van der Waals surface area (Å²) in [5.74, 6) is 0. The van der Waals surface area contributed by atoms with Gasteiger partial charge in [-0.05, 0) is 38.6 Å². The van der Waals surface area contributed by atoms with Gasteiger partial charge in [0.2, 0.25) is 0 Å². The lowest BCUT2D eigenvalue weighted by Gasteiger charge is -2.37. The molecule has 1 aromatic carbocycles. The van der Waals surface area contributed by atoms with Gasteiger partial charge >= 0.3 is 0 Å². The Bertz CT molecular complexity index is 412. The number of likely N-dealkylation sites (N-methyl/N-ethyl adjacent to an activating group) is 1. The Morgan fingerprint density at radius 3 is 2.42 bits per heavy atom. The molecular formula is C16H25NO2. The summed E-state index contributed by atoms with van der Waals surface area (Å²) >= 11 is 0. The summed E-state index contributed by atoms with van der Waals surface area (Å²) in [5, 5.41) is 20.0. The van der Waals surface area contributed by atoms with E-state index < -0.39 is 5.60 Å². The van der Waals surface area contributed by atoms with Crippen molar-refractivity contribution in [3.8, 4) is 0 Å². The second-order valence-corrected chi connectivity index (χ2v) is 5.26. The van der Waals surface area contributed by atoms with Crippen LogP contribution in [0.5, 0.6) is 0 Å². The van der Waals surface area contributed by atoms with Crippen LogP contribution in [0.15, 0.2) is 42.0 Å². The Hall–Kier alpha value is -1.16. The molecule has 0 bridgehead atoms. The average molecular weight is 263 g/mol. The van der Waals surface area contributed by atoms with Crippen LogP contribution in [0.1, 0.15) is 32.4 Å². The SMILES string of the molecule is CCN(C)[C@@H](c1ccccc1)[C@](C)(O)/C=C(/C)CO. The predicted octanol–water partition coefficient (Wildman–Crippen LogP) is 2.37.